The van der Waals surface area contributed by atoms with Crippen molar-refractivity contribution < 1.29 is 38.9 Å². The minimum Gasteiger partial charge on any atom is -0.460 e. The van der Waals surface area contributed by atoms with Crippen LogP contribution in [0.1, 0.15) is 91.9 Å². The van der Waals surface area contributed by atoms with E-state index in [0.29, 0.717) is 12.8 Å². The number of hydrogen-bond acceptors (Lipinski definition) is 8. The van der Waals surface area contributed by atoms with E-state index in [0.717, 1.165) is 49.5 Å². The number of nitrogens with zero attached hydrogens (tertiary/aromatic N) is 1. The lowest BCUT2D eigenvalue weighted by molar-refractivity contribution is -0.162. The normalized spacial score (nSPS) is 26.4. The second-order valence-electron chi connectivity index (χ2n) is 11.6. The van der Waals surface area contributed by atoms with Gasteiger partial charge in [-0.15, -0.1) is 0 Å². The SMILES string of the molecule is CC(C)CCCCCCCCCC[C@H]1OC(=O)CN(C)C(=O)/C=C/[C@H](CO)NC(=O)CNC(=O)[C@](C)(O)C(=O)[C@@H]1C. The summed E-state index contributed by atoms with van der Waals surface area (Å²) in [5.41, 5.74) is -2.48. The molecule has 0 saturated heterocycles. The van der Waals surface area contributed by atoms with Crippen LogP contribution in [0.4, 0.5) is 0 Å². The molecule has 0 unspecified atom stereocenters. The number of aliphatic hydroxyl groups is 2. The number of ketones is 1. The van der Waals surface area contributed by atoms with Gasteiger partial charge in [0.25, 0.3) is 5.91 Å². The number of esters is 1. The number of carbonyl (C=O) groups is 5. The third kappa shape index (κ3) is 13.6. The lowest BCUT2D eigenvalue weighted by Crippen LogP contribution is -2.55. The minimum atomic E-state index is -2.48. The van der Waals surface area contributed by atoms with Crippen LogP contribution in [0.15, 0.2) is 12.2 Å². The van der Waals surface area contributed by atoms with Gasteiger partial charge in [0.2, 0.25) is 11.8 Å². The van der Waals surface area contributed by atoms with Crippen LogP contribution in [0.5, 0.6) is 0 Å². The van der Waals surface area contributed by atoms with Crippen LogP contribution >= 0.6 is 0 Å². The summed E-state index contributed by atoms with van der Waals surface area (Å²) in [4.78, 5) is 64.4. The first-order valence-corrected chi connectivity index (χ1v) is 14.9. The summed E-state index contributed by atoms with van der Waals surface area (Å²) in [6, 6.07) is -0.934. The Balaban J connectivity index is 2.91. The highest BCUT2D eigenvalue weighted by atomic mass is 16.5. The number of Topliss-reactive ketones (excluding diaryl/α,β-unsaturated/α-hetero) is 1. The summed E-state index contributed by atoms with van der Waals surface area (Å²) >= 11 is 0. The molecule has 0 bridgehead atoms. The second kappa shape index (κ2) is 18.6. The molecule has 3 amide bonds. The number of ether oxygens (including phenoxy) is 1. The standard InChI is InChI=1S/C30H51N3O8/c1-21(2)14-12-10-8-6-7-9-11-13-15-24-22(3)28(38)30(4,40)29(39)31-18-25(35)32-23(20-34)16-17-26(36)33(5)19-27(37)41-24/h16-17,21-24,34,40H,6-15,18-20H2,1-5H3,(H,31,39)(H,32,35)/b17-16+/t22-,23-,24-,30-/m1/s1. The molecule has 1 rings (SSSR count). The molecule has 0 radical (unpaired) electrons. The van der Waals surface area contributed by atoms with E-state index in [1.165, 1.54) is 45.7 Å². The predicted octanol–water partition coefficient (Wildman–Crippen LogP) is 2.03. The van der Waals surface area contributed by atoms with Crippen LogP contribution in [-0.2, 0) is 28.7 Å². The molecular weight excluding hydrogens is 530 g/mol. The first-order valence-electron chi connectivity index (χ1n) is 14.9. The van der Waals surface area contributed by atoms with E-state index in [1.807, 2.05) is 0 Å². The number of unbranched alkanes of at least 4 members (excludes halogenated alkanes) is 7. The van der Waals surface area contributed by atoms with Crippen LogP contribution in [0.25, 0.3) is 0 Å². The van der Waals surface area contributed by atoms with E-state index < -0.39 is 72.8 Å². The van der Waals surface area contributed by atoms with Gasteiger partial charge in [-0.05, 0) is 25.7 Å². The number of likely N-dealkylation sites (N-methyl/N-ethyl adjacent to an activating group) is 1. The molecule has 41 heavy (non-hydrogen) atoms. The molecule has 11 heteroatoms. The number of nitrogens with one attached hydrogen (secondary N) is 2. The van der Waals surface area contributed by atoms with Crippen LogP contribution in [0, 0.1) is 11.8 Å². The van der Waals surface area contributed by atoms with Crippen molar-refractivity contribution in [3.05, 3.63) is 12.2 Å². The number of hydrogen-bond donors (Lipinski definition) is 4. The molecule has 234 valence electrons. The fourth-order valence-corrected chi connectivity index (χ4v) is 4.64. The summed E-state index contributed by atoms with van der Waals surface area (Å²) in [6.07, 6.45) is 11.6. The molecule has 1 heterocycles. The van der Waals surface area contributed by atoms with Crippen molar-refractivity contribution in [2.45, 2.75) is 110 Å². The van der Waals surface area contributed by atoms with E-state index in [1.54, 1.807) is 0 Å². The Morgan fingerprint density at radius 1 is 1.02 bits per heavy atom. The van der Waals surface area contributed by atoms with E-state index >= 15 is 0 Å². The highest BCUT2D eigenvalue weighted by molar-refractivity contribution is 6.10. The maximum atomic E-state index is 13.2. The first-order chi connectivity index (χ1) is 19.3. The van der Waals surface area contributed by atoms with Crippen LogP contribution in [0.2, 0.25) is 0 Å². The van der Waals surface area contributed by atoms with Gasteiger partial charge in [-0.25, -0.2) is 0 Å². The van der Waals surface area contributed by atoms with E-state index in [-0.39, 0.29) is 0 Å². The Bertz CT molecular complexity index is 902. The van der Waals surface area contributed by atoms with Gasteiger partial charge in [-0.2, -0.15) is 0 Å². The Morgan fingerprint density at radius 3 is 2.20 bits per heavy atom. The summed E-state index contributed by atoms with van der Waals surface area (Å²) in [6.45, 7) is 5.51. The zero-order chi connectivity index (χ0) is 31.0. The van der Waals surface area contributed by atoms with Gasteiger partial charge >= 0.3 is 5.97 Å². The van der Waals surface area contributed by atoms with Crippen molar-refractivity contribution in [1.29, 1.82) is 0 Å². The number of amides is 3. The lowest BCUT2D eigenvalue weighted by Gasteiger charge is -2.29. The van der Waals surface area contributed by atoms with Gasteiger partial charge in [0.1, 0.15) is 12.6 Å². The fourth-order valence-electron chi connectivity index (χ4n) is 4.64. The molecule has 0 saturated carbocycles. The summed E-state index contributed by atoms with van der Waals surface area (Å²) in [5.74, 6) is -4.20. The first kappa shape index (κ1) is 36.2. The third-order valence-electron chi connectivity index (χ3n) is 7.36. The summed E-state index contributed by atoms with van der Waals surface area (Å²) in [5, 5.41) is 24.9. The molecule has 4 atom stereocenters. The molecule has 1 aliphatic heterocycles. The van der Waals surface area contributed by atoms with Gasteiger partial charge in [0.05, 0.1) is 25.1 Å². The quantitative estimate of drug-likeness (QED) is 0.155. The molecule has 0 aromatic carbocycles. The molecule has 0 aliphatic carbocycles. The monoisotopic (exact) mass is 581 g/mol. The number of cyclic esters (lactones) is 1. The maximum absolute atomic E-state index is 13.2. The molecule has 0 spiro atoms. The van der Waals surface area contributed by atoms with E-state index in [4.69, 9.17) is 4.74 Å². The predicted molar refractivity (Wildman–Crippen MR) is 154 cm³/mol. The van der Waals surface area contributed by atoms with Gasteiger partial charge in [0, 0.05) is 13.1 Å². The average Bonchev–Trinajstić information content (AvgIpc) is 2.92. The van der Waals surface area contributed by atoms with E-state index in [9.17, 15) is 34.2 Å². The van der Waals surface area contributed by atoms with Gasteiger partial charge < -0.3 is 30.5 Å². The summed E-state index contributed by atoms with van der Waals surface area (Å²) < 4.78 is 5.63. The number of carbonyl (C=O) groups excluding carboxylic acids is 5. The lowest BCUT2D eigenvalue weighted by atomic mass is 9.85. The zero-order valence-electron chi connectivity index (χ0n) is 25.4. The Labute approximate surface area is 244 Å². The van der Waals surface area contributed by atoms with Crippen LogP contribution in [0.3, 0.4) is 0 Å². The van der Waals surface area contributed by atoms with Crippen molar-refractivity contribution in [2.24, 2.45) is 11.8 Å². The topological polar surface area (TPSA) is 162 Å². The Hall–Kier alpha value is -2.79. The van der Waals surface area contributed by atoms with Crippen molar-refractivity contribution in [3.63, 3.8) is 0 Å². The third-order valence-corrected chi connectivity index (χ3v) is 7.36. The smallest absolute Gasteiger partial charge is 0.325 e. The molecule has 4 N–H and O–H groups in total. The molecule has 1 aliphatic rings. The van der Waals surface area contributed by atoms with Crippen molar-refractivity contribution in [1.82, 2.24) is 15.5 Å². The molecule has 0 aromatic rings. The minimum absolute atomic E-state index is 0.350. The summed E-state index contributed by atoms with van der Waals surface area (Å²) in [7, 11) is 1.40. The van der Waals surface area contributed by atoms with Crippen molar-refractivity contribution in [3.8, 4) is 0 Å². The molecular formula is C30H51N3O8. The fraction of sp³-hybridized carbons (Fsp3) is 0.767. The largest absolute Gasteiger partial charge is 0.460 e. The Morgan fingerprint density at radius 2 is 1.61 bits per heavy atom. The highest BCUT2D eigenvalue weighted by Gasteiger charge is 2.44. The number of aliphatic hydroxyl groups excluding tert-OH is 1. The second-order valence-corrected chi connectivity index (χ2v) is 11.6. The molecule has 11 nitrogen and oxygen atoms in total. The average molecular weight is 582 g/mol. The molecule has 0 fully saturated rings. The van der Waals surface area contributed by atoms with Crippen LogP contribution in [-0.4, -0.2) is 89.1 Å². The Kier molecular flexibility index (Phi) is 16.4. The number of rotatable bonds is 12. The molecule has 0 aromatic heterocycles. The highest BCUT2D eigenvalue weighted by Crippen LogP contribution is 2.23. The van der Waals surface area contributed by atoms with Gasteiger partial charge in [-0.1, -0.05) is 78.2 Å². The van der Waals surface area contributed by atoms with Crippen molar-refractivity contribution in [2.75, 3.05) is 26.7 Å². The van der Waals surface area contributed by atoms with Gasteiger partial charge in [0.15, 0.2) is 11.4 Å². The van der Waals surface area contributed by atoms with Crippen LogP contribution < -0.4 is 10.6 Å². The zero-order valence-corrected chi connectivity index (χ0v) is 25.4. The maximum Gasteiger partial charge on any atom is 0.325 e. The van der Waals surface area contributed by atoms with Gasteiger partial charge in [-0.3, -0.25) is 24.0 Å². The van der Waals surface area contributed by atoms with E-state index in [2.05, 4.69) is 24.5 Å². The van der Waals surface area contributed by atoms with Crippen molar-refractivity contribution >= 4 is 29.5 Å².